The predicted molar refractivity (Wildman–Crippen MR) is 108 cm³/mol. The first-order chi connectivity index (χ1) is 13.2. The first-order valence-corrected chi connectivity index (χ1v) is 10.1. The van der Waals surface area contributed by atoms with Crippen LogP contribution in [-0.4, -0.2) is 47.2 Å². The lowest BCUT2D eigenvalue weighted by atomic mass is 9.90. The van der Waals surface area contributed by atoms with Crippen molar-refractivity contribution in [2.24, 2.45) is 10.9 Å². The van der Waals surface area contributed by atoms with Gasteiger partial charge >= 0.3 is 0 Å². The van der Waals surface area contributed by atoms with Crippen molar-refractivity contribution in [3.63, 3.8) is 0 Å². The Balaban J connectivity index is 1.45. The van der Waals surface area contributed by atoms with Crippen LogP contribution in [0.4, 0.5) is 0 Å². The monoisotopic (exact) mass is 369 g/mol. The van der Waals surface area contributed by atoms with Gasteiger partial charge in [-0.15, -0.1) is 0 Å². The van der Waals surface area contributed by atoms with Crippen molar-refractivity contribution >= 4 is 5.96 Å². The molecule has 1 aliphatic rings. The van der Waals surface area contributed by atoms with Gasteiger partial charge in [0.05, 0.1) is 0 Å². The lowest BCUT2D eigenvalue weighted by Gasteiger charge is -2.34. The van der Waals surface area contributed by atoms with Crippen LogP contribution in [0.3, 0.4) is 0 Å². The average Bonchev–Trinajstić information content (AvgIpc) is 3.11. The van der Waals surface area contributed by atoms with E-state index in [9.17, 15) is 0 Å². The molecule has 0 saturated carbocycles. The van der Waals surface area contributed by atoms with Crippen LogP contribution < -0.4 is 5.32 Å². The van der Waals surface area contributed by atoms with Gasteiger partial charge in [0.2, 0.25) is 5.89 Å². The molecule has 0 unspecified atom stereocenters. The Bertz CT molecular complexity index is 704. The highest BCUT2D eigenvalue weighted by Crippen LogP contribution is 2.21. The fourth-order valence-electron chi connectivity index (χ4n) is 3.58. The molecule has 3 rings (SSSR count). The molecule has 1 aliphatic heterocycles. The van der Waals surface area contributed by atoms with E-state index in [1.54, 1.807) is 0 Å². The number of benzene rings is 1. The van der Waals surface area contributed by atoms with Crippen LogP contribution in [-0.2, 0) is 12.8 Å². The molecule has 1 saturated heterocycles. The van der Waals surface area contributed by atoms with Crippen LogP contribution >= 0.6 is 0 Å². The second-order valence-corrected chi connectivity index (χ2v) is 7.19. The fraction of sp³-hybridized carbons (Fsp3) is 0.571. The first-order valence-electron chi connectivity index (χ1n) is 10.1. The second-order valence-electron chi connectivity index (χ2n) is 7.19. The molecule has 0 aliphatic carbocycles. The van der Waals surface area contributed by atoms with E-state index in [1.165, 1.54) is 24.8 Å². The summed E-state index contributed by atoms with van der Waals surface area (Å²) in [4.78, 5) is 11.5. The number of rotatable bonds is 7. The van der Waals surface area contributed by atoms with E-state index in [4.69, 9.17) is 9.52 Å². The van der Waals surface area contributed by atoms with Crippen molar-refractivity contribution in [1.29, 1.82) is 0 Å². The van der Waals surface area contributed by atoms with Gasteiger partial charge < -0.3 is 14.7 Å². The zero-order valence-corrected chi connectivity index (χ0v) is 16.5. The second kappa shape index (κ2) is 10.1. The Morgan fingerprint density at radius 3 is 2.70 bits per heavy atom. The summed E-state index contributed by atoms with van der Waals surface area (Å²) >= 11 is 0. The number of guanidine groups is 1. The molecule has 6 heteroatoms. The molecule has 1 aromatic heterocycles. The Morgan fingerprint density at radius 2 is 2.04 bits per heavy atom. The minimum atomic E-state index is 0.695. The number of aliphatic imine (C=N–C) groups is 1. The number of nitrogens with zero attached hydrogens (tertiary/aromatic N) is 4. The first kappa shape index (κ1) is 19.4. The van der Waals surface area contributed by atoms with Crippen molar-refractivity contribution in [2.45, 2.75) is 46.0 Å². The Kier molecular flexibility index (Phi) is 7.25. The van der Waals surface area contributed by atoms with Gasteiger partial charge in [-0.3, -0.25) is 4.99 Å². The number of aryl methyl sites for hydroxylation is 2. The van der Waals surface area contributed by atoms with Crippen LogP contribution in [0.5, 0.6) is 0 Å². The summed E-state index contributed by atoms with van der Waals surface area (Å²) in [5.41, 5.74) is 1.45. The van der Waals surface area contributed by atoms with E-state index in [2.05, 4.69) is 57.6 Å². The quantitative estimate of drug-likeness (QED) is 0.461. The molecule has 27 heavy (non-hydrogen) atoms. The zero-order chi connectivity index (χ0) is 18.9. The van der Waals surface area contributed by atoms with Gasteiger partial charge in [-0.05, 0) is 51.0 Å². The highest BCUT2D eigenvalue weighted by Gasteiger charge is 2.21. The number of hydrogen-bond donors (Lipinski definition) is 1. The van der Waals surface area contributed by atoms with E-state index in [0.717, 1.165) is 50.9 Å². The number of hydrogen-bond acceptors (Lipinski definition) is 4. The van der Waals surface area contributed by atoms with E-state index >= 15 is 0 Å². The molecule has 0 amide bonds. The minimum absolute atomic E-state index is 0.695. The third-order valence-electron chi connectivity index (χ3n) is 5.00. The van der Waals surface area contributed by atoms with Gasteiger partial charge in [-0.25, -0.2) is 0 Å². The highest BCUT2D eigenvalue weighted by atomic mass is 16.5. The van der Waals surface area contributed by atoms with Crippen molar-refractivity contribution < 1.29 is 4.52 Å². The summed E-state index contributed by atoms with van der Waals surface area (Å²) in [6.07, 6.45) is 5.33. The molecule has 1 aromatic carbocycles. The molecule has 0 bridgehead atoms. The van der Waals surface area contributed by atoms with Crippen LogP contribution in [0.15, 0.2) is 39.8 Å². The third kappa shape index (κ3) is 6.08. The number of piperidine rings is 1. The van der Waals surface area contributed by atoms with Crippen LogP contribution in [0, 0.1) is 12.8 Å². The van der Waals surface area contributed by atoms with Crippen molar-refractivity contribution in [2.75, 3.05) is 26.2 Å². The predicted octanol–water partition coefficient (Wildman–Crippen LogP) is 3.23. The third-order valence-corrected chi connectivity index (χ3v) is 5.00. The Morgan fingerprint density at radius 1 is 1.26 bits per heavy atom. The minimum Gasteiger partial charge on any atom is -0.357 e. The Hall–Kier alpha value is -2.37. The molecule has 2 heterocycles. The summed E-state index contributed by atoms with van der Waals surface area (Å²) in [5.74, 6) is 3.21. The number of likely N-dealkylation sites (tertiary alicyclic amines) is 1. The summed E-state index contributed by atoms with van der Waals surface area (Å²) < 4.78 is 5.16. The maximum absolute atomic E-state index is 5.16. The molecule has 0 spiro atoms. The lowest BCUT2D eigenvalue weighted by molar-refractivity contribution is 0.259. The summed E-state index contributed by atoms with van der Waals surface area (Å²) in [5, 5.41) is 7.27. The van der Waals surface area contributed by atoms with Gasteiger partial charge in [0.15, 0.2) is 11.8 Å². The normalized spacial score (nSPS) is 15.9. The van der Waals surface area contributed by atoms with Gasteiger partial charge in [-0.2, -0.15) is 4.98 Å². The maximum Gasteiger partial charge on any atom is 0.226 e. The van der Waals surface area contributed by atoms with Gasteiger partial charge in [0.1, 0.15) is 0 Å². The topological polar surface area (TPSA) is 66.5 Å². The van der Waals surface area contributed by atoms with Crippen LogP contribution in [0.1, 0.15) is 43.5 Å². The highest BCUT2D eigenvalue weighted by molar-refractivity contribution is 5.80. The lowest BCUT2D eigenvalue weighted by Crippen LogP contribution is -2.46. The molecular formula is C21H31N5O. The molecule has 1 N–H and O–H groups in total. The van der Waals surface area contributed by atoms with Crippen LogP contribution in [0.2, 0.25) is 0 Å². The van der Waals surface area contributed by atoms with Gasteiger partial charge in [0.25, 0.3) is 0 Å². The van der Waals surface area contributed by atoms with Gasteiger partial charge in [0, 0.05) is 32.6 Å². The largest absolute Gasteiger partial charge is 0.357 e. The number of nitrogens with one attached hydrogen (secondary N) is 1. The molecule has 2 aromatic rings. The maximum atomic E-state index is 5.16. The fourth-order valence-corrected chi connectivity index (χ4v) is 3.58. The van der Waals surface area contributed by atoms with E-state index < -0.39 is 0 Å². The molecule has 1 fully saturated rings. The van der Waals surface area contributed by atoms with Crippen LogP contribution in [0.25, 0.3) is 0 Å². The molecule has 146 valence electrons. The van der Waals surface area contributed by atoms with Gasteiger partial charge in [-0.1, -0.05) is 35.5 Å². The van der Waals surface area contributed by atoms with E-state index in [-0.39, 0.29) is 0 Å². The average molecular weight is 370 g/mol. The van der Waals surface area contributed by atoms with E-state index in [1.807, 2.05) is 6.92 Å². The smallest absolute Gasteiger partial charge is 0.226 e. The summed E-state index contributed by atoms with van der Waals surface area (Å²) in [6.45, 7) is 7.78. The molecule has 0 atom stereocenters. The SMILES string of the molecule is CCNC(=NCCCc1nc(C)no1)N1CCC(Cc2ccccc2)CC1. The summed E-state index contributed by atoms with van der Waals surface area (Å²) in [7, 11) is 0. The molecular weight excluding hydrogens is 338 g/mol. The number of aromatic nitrogens is 2. The zero-order valence-electron chi connectivity index (χ0n) is 16.5. The van der Waals surface area contributed by atoms with E-state index in [0.29, 0.717) is 11.7 Å². The Labute approximate surface area is 162 Å². The van der Waals surface area contributed by atoms with Crippen molar-refractivity contribution in [1.82, 2.24) is 20.4 Å². The summed E-state index contributed by atoms with van der Waals surface area (Å²) in [6, 6.07) is 10.8. The molecule has 0 radical (unpaired) electrons. The molecule has 6 nitrogen and oxygen atoms in total. The van der Waals surface area contributed by atoms with Crippen molar-refractivity contribution in [3.8, 4) is 0 Å². The van der Waals surface area contributed by atoms with Crippen molar-refractivity contribution in [3.05, 3.63) is 47.6 Å². The standard InChI is InChI=1S/C21H31N5O/c1-3-22-21(23-13-7-10-20-24-17(2)25-27-20)26-14-11-19(12-15-26)16-18-8-5-4-6-9-18/h4-6,8-9,19H,3,7,10-16H2,1-2H3,(H,22,23).